The van der Waals surface area contributed by atoms with Crippen LogP contribution in [-0.4, -0.2) is 70.3 Å². The number of aromatic nitrogens is 1. The Morgan fingerprint density at radius 2 is 1.67 bits per heavy atom. The van der Waals surface area contributed by atoms with E-state index in [1.165, 1.54) is 29.2 Å². The summed E-state index contributed by atoms with van der Waals surface area (Å²) in [6, 6.07) is 3.05. The van der Waals surface area contributed by atoms with Crippen molar-refractivity contribution in [3.63, 3.8) is 0 Å². The van der Waals surface area contributed by atoms with Crippen LogP contribution < -0.4 is 10.2 Å². The predicted octanol–water partition coefficient (Wildman–Crippen LogP) is 3.45. The van der Waals surface area contributed by atoms with Gasteiger partial charge in [0.05, 0.1) is 11.1 Å². The number of imide groups is 1. The fourth-order valence-electron chi connectivity index (χ4n) is 5.02. The molecule has 9 nitrogen and oxygen atoms in total. The van der Waals surface area contributed by atoms with Gasteiger partial charge >= 0.3 is 12.2 Å². The first-order valence-electron chi connectivity index (χ1n) is 12.3. The van der Waals surface area contributed by atoms with Gasteiger partial charge in [0, 0.05) is 38.2 Å². The van der Waals surface area contributed by atoms with Crippen molar-refractivity contribution < 1.29 is 36.7 Å². The van der Waals surface area contributed by atoms with Gasteiger partial charge in [0.1, 0.15) is 17.4 Å². The highest BCUT2D eigenvalue weighted by atomic mass is 19.4. The van der Waals surface area contributed by atoms with Gasteiger partial charge in [0.2, 0.25) is 5.91 Å². The topological polar surface area (TPSA) is 103 Å². The van der Waals surface area contributed by atoms with Crippen molar-refractivity contribution >= 4 is 29.4 Å². The zero-order valence-electron chi connectivity index (χ0n) is 21.5. The number of alkyl halides is 3. The van der Waals surface area contributed by atoms with E-state index in [1.807, 2.05) is 0 Å². The average Bonchev–Trinajstić information content (AvgIpc) is 3.07. The largest absolute Gasteiger partial charge is 0.416 e. The summed E-state index contributed by atoms with van der Waals surface area (Å²) in [5.41, 5.74) is -2.74. The van der Waals surface area contributed by atoms with Crippen molar-refractivity contribution in [2.24, 2.45) is 5.92 Å². The number of nitrogens with one attached hydrogen (secondary N) is 1. The van der Waals surface area contributed by atoms with E-state index in [4.69, 9.17) is 0 Å². The molecule has 1 atom stereocenters. The minimum absolute atomic E-state index is 0.0737. The molecule has 0 saturated carbocycles. The number of carbonyl (C=O) groups is 4. The predicted molar refractivity (Wildman–Crippen MR) is 131 cm³/mol. The maximum Gasteiger partial charge on any atom is 0.416 e. The number of halogens is 4. The van der Waals surface area contributed by atoms with Gasteiger partial charge in [0.15, 0.2) is 0 Å². The highest BCUT2D eigenvalue weighted by molar-refractivity contribution is 6.16. The minimum atomic E-state index is -4.78. The van der Waals surface area contributed by atoms with E-state index in [-0.39, 0.29) is 25.9 Å². The van der Waals surface area contributed by atoms with Crippen molar-refractivity contribution in [2.45, 2.75) is 44.4 Å². The number of pyridine rings is 1. The molecule has 3 heterocycles. The number of nitrogens with zero attached hydrogens (tertiary/aromatic N) is 4. The fourth-order valence-corrected chi connectivity index (χ4v) is 5.02. The lowest BCUT2D eigenvalue weighted by Gasteiger charge is -2.43. The number of urea groups is 1. The monoisotopic (exact) mass is 549 g/mol. The molecule has 1 spiro atoms. The fraction of sp³-hybridized carbons (Fsp3) is 0.423. The van der Waals surface area contributed by atoms with E-state index in [0.717, 1.165) is 4.90 Å². The van der Waals surface area contributed by atoms with Gasteiger partial charge in [-0.05, 0) is 49.1 Å². The molecule has 0 bridgehead atoms. The van der Waals surface area contributed by atoms with Gasteiger partial charge in [-0.3, -0.25) is 29.2 Å². The lowest BCUT2D eigenvalue weighted by molar-refractivity contribution is -0.139. The smallest absolute Gasteiger partial charge is 0.341 e. The van der Waals surface area contributed by atoms with Crippen molar-refractivity contribution in [1.29, 1.82) is 0 Å². The van der Waals surface area contributed by atoms with Crippen LogP contribution in [0.4, 0.5) is 28.0 Å². The van der Waals surface area contributed by atoms with Gasteiger partial charge in [-0.15, -0.1) is 0 Å². The van der Waals surface area contributed by atoms with E-state index in [9.17, 15) is 36.7 Å². The molecule has 0 aliphatic carbocycles. The molecule has 1 aromatic heterocycles. The first-order valence-corrected chi connectivity index (χ1v) is 12.3. The van der Waals surface area contributed by atoms with Crippen LogP contribution in [-0.2, 0) is 15.8 Å². The van der Waals surface area contributed by atoms with Crippen LogP contribution in [0, 0.1) is 11.7 Å². The number of hydrogen-bond donors (Lipinski definition) is 1. The molecule has 2 aromatic rings. The summed E-state index contributed by atoms with van der Waals surface area (Å²) < 4.78 is 53.5. The molecule has 1 aromatic carbocycles. The Morgan fingerprint density at radius 1 is 1.05 bits per heavy atom. The second kappa shape index (κ2) is 10.3. The van der Waals surface area contributed by atoms with E-state index < -0.39 is 64.4 Å². The number of hydrogen-bond acceptors (Lipinski definition) is 5. The van der Waals surface area contributed by atoms with Gasteiger partial charge in [-0.1, -0.05) is 13.8 Å². The zero-order valence-corrected chi connectivity index (χ0v) is 21.5. The molecule has 2 aliphatic heterocycles. The Kier molecular flexibility index (Phi) is 7.37. The lowest BCUT2D eigenvalue weighted by atomic mass is 9.85. The molecule has 5 amide bonds. The number of piperidine rings is 1. The van der Waals surface area contributed by atoms with Crippen LogP contribution >= 0.6 is 0 Å². The Hall–Kier alpha value is -4.03. The normalized spacial score (nSPS) is 18.2. The highest BCUT2D eigenvalue weighted by Gasteiger charge is 2.58. The molecule has 2 saturated heterocycles. The van der Waals surface area contributed by atoms with E-state index >= 15 is 0 Å². The van der Waals surface area contributed by atoms with Gasteiger partial charge in [-0.2, -0.15) is 13.2 Å². The maximum atomic E-state index is 14.3. The highest BCUT2D eigenvalue weighted by Crippen LogP contribution is 2.40. The Bertz CT molecular complexity index is 1290. The Balaban J connectivity index is 1.52. The number of anilines is 1. The van der Waals surface area contributed by atoms with Crippen LogP contribution in [0.3, 0.4) is 0 Å². The SMILES string of the molecule is CC(C)C(NC(=O)c1cc(C(F)(F)F)ccc1F)C(=O)N1CCC2(CC1)C(=O)N(C)C(=O)N2c1ccncc1. The number of carbonyl (C=O) groups excluding carboxylic acids is 4. The molecule has 2 fully saturated rings. The number of rotatable bonds is 5. The minimum Gasteiger partial charge on any atom is -0.341 e. The summed E-state index contributed by atoms with van der Waals surface area (Å²) in [5, 5.41) is 2.38. The summed E-state index contributed by atoms with van der Waals surface area (Å²) in [4.78, 5) is 60.2. The lowest BCUT2D eigenvalue weighted by Crippen LogP contribution is -2.60. The molecular weight excluding hydrogens is 522 g/mol. The third-order valence-electron chi connectivity index (χ3n) is 7.19. The van der Waals surface area contributed by atoms with Crippen molar-refractivity contribution in [1.82, 2.24) is 20.1 Å². The molecule has 1 unspecified atom stereocenters. The van der Waals surface area contributed by atoms with Crippen LogP contribution in [0.15, 0.2) is 42.7 Å². The molecule has 1 N–H and O–H groups in total. The third-order valence-corrected chi connectivity index (χ3v) is 7.19. The quantitative estimate of drug-likeness (QED) is 0.455. The second-order valence-corrected chi connectivity index (χ2v) is 9.93. The molecular formula is C26H27F4N5O4. The third kappa shape index (κ3) is 5.04. The van der Waals surface area contributed by atoms with Gasteiger partial charge in [0.25, 0.3) is 11.8 Å². The number of likely N-dealkylation sites (tertiary alicyclic amines) is 1. The number of likely N-dealkylation sites (N-methyl/N-ethyl adjacent to an activating group) is 1. The van der Waals surface area contributed by atoms with Crippen molar-refractivity contribution in [3.05, 3.63) is 59.7 Å². The maximum absolute atomic E-state index is 14.3. The van der Waals surface area contributed by atoms with Gasteiger partial charge in [-0.25, -0.2) is 9.18 Å². The Morgan fingerprint density at radius 3 is 2.23 bits per heavy atom. The van der Waals surface area contributed by atoms with Crippen molar-refractivity contribution in [3.8, 4) is 0 Å². The standard InChI is InChI=1S/C26H27F4N5O4/c1-15(2)20(32-21(36)18-14-16(26(28,29)30)4-5-19(18)27)22(37)34-12-8-25(9-13-34)23(38)33(3)24(39)35(25)17-6-10-31-11-7-17/h4-7,10-11,14-15,20H,8-9,12-13H2,1-3H3,(H,32,36). The molecule has 4 rings (SSSR count). The summed E-state index contributed by atoms with van der Waals surface area (Å²) in [5.74, 6) is -3.71. The molecule has 13 heteroatoms. The summed E-state index contributed by atoms with van der Waals surface area (Å²) in [6.45, 7) is 3.42. The van der Waals surface area contributed by atoms with Crippen LogP contribution in [0.1, 0.15) is 42.6 Å². The number of amides is 5. The first kappa shape index (κ1) is 28.0. The van der Waals surface area contributed by atoms with Crippen LogP contribution in [0.5, 0.6) is 0 Å². The summed E-state index contributed by atoms with van der Waals surface area (Å²) >= 11 is 0. The molecule has 2 aliphatic rings. The van der Waals surface area contributed by atoms with Crippen LogP contribution in [0.25, 0.3) is 0 Å². The van der Waals surface area contributed by atoms with Crippen molar-refractivity contribution in [2.75, 3.05) is 25.0 Å². The van der Waals surface area contributed by atoms with E-state index in [1.54, 1.807) is 26.0 Å². The summed E-state index contributed by atoms with van der Waals surface area (Å²) in [6.07, 6.45) is -1.53. The Labute approximate surface area is 221 Å². The van der Waals surface area contributed by atoms with Gasteiger partial charge < -0.3 is 10.2 Å². The first-order chi connectivity index (χ1) is 18.3. The number of benzene rings is 1. The van der Waals surface area contributed by atoms with E-state index in [2.05, 4.69) is 10.3 Å². The van der Waals surface area contributed by atoms with E-state index in [0.29, 0.717) is 23.9 Å². The second-order valence-electron chi connectivity index (χ2n) is 9.93. The summed E-state index contributed by atoms with van der Waals surface area (Å²) in [7, 11) is 1.39. The zero-order chi connectivity index (χ0) is 28.7. The molecule has 39 heavy (non-hydrogen) atoms. The molecule has 0 radical (unpaired) electrons. The molecule has 208 valence electrons. The van der Waals surface area contributed by atoms with Crippen LogP contribution in [0.2, 0.25) is 0 Å². The average molecular weight is 550 g/mol.